The SMILES string of the molecule is COCCNC1CCC(CN2[C@@H]3CC[C@H]2CC(NC(=O)c2cc(C4CC4)on2)C3)CC1. The molecule has 2 N–H and O–H groups in total. The molecule has 0 aromatic carbocycles. The van der Waals surface area contributed by atoms with Crippen molar-refractivity contribution in [2.24, 2.45) is 5.92 Å². The van der Waals surface area contributed by atoms with Crippen molar-refractivity contribution in [1.29, 1.82) is 0 Å². The minimum Gasteiger partial charge on any atom is -0.383 e. The van der Waals surface area contributed by atoms with E-state index in [-0.39, 0.29) is 11.9 Å². The van der Waals surface area contributed by atoms with Crippen LogP contribution in [0, 0.1) is 5.92 Å². The minimum absolute atomic E-state index is 0.0622. The van der Waals surface area contributed by atoms with Gasteiger partial charge < -0.3 is 19.9 Å². The maximum absolute atomic E-state index is 12.7. The van der Waals surface area contributed by atoms with Gasteiger partial charge in [0.25, 0.3) is 5.91 Å². The number of ether oxygens (including phenoxy) is 1. The second-order valence-electron chi connectivity index (χ2n) is 10.3. The number of hydrogen-bond acceptors (Lipinski definition) is 6. The fourth-order valence-electron chi connectivity index (χ4n) is 6.12. The molecule has 31 heavy (non-hydrogen) atoms. The van der Waals surface area contributed by atoms with Gasteiger partial charge in [0, 0.05) is 56.4 Å². The van der Waals surface area contributed by atoms with Gasteiger partial charge >= 0.3 is 0 Å². The molecule has 4 fully saturated rings. The van der Waals surface area contributed by atoms with E-state index in [9.17, 15) is 4.79 Å². The summed E-state index contributed by atoms with van der Waals surface area (Å²) in [6.45, 7) is 3.01. The molecule has 1 aromatic heterocycles. The van der Waals surface area contributed by atoms with E-state index in [0.717, 1.165) is 50.5 Å². The van der Waals surface area contributed by atoms with E-state index in [0.29, 0.717) is 29.7 Å². The molecule has 172 valence electrons. The van der Waals surface area contributed by atoms with Crippen LogP contribution in [0.3, 0.4) is 0 Å². The molecule has 1 aromatic rings. The molecule has 2 saturated carbocycles. The summed E-state index contributed by atoms with van der Waals surface area (Å²) in [5.41, 5.74) is 0.451. The van der Waals surface area contributed by atoms with Crippen LogP contribution in [-0.4, -0.2) is 66.9 Å². The number of fused-ring (bicyclic) bond motifs is 2. The summed E-state index contributed by atoms with van der Waals surface area (Å²) >= 11 is 0. The van der Waals surface area contributed by atoms with Crippen LogP contribution in [0.4, 0.5) is 0 Å². The Morgan fingerprint density at radius 1 is 1.10 bits per heavy atom. The number of amides is 1. The minimum atomic E-state index is -0.0622. The zero-order valence-electron chi connectivity index (χ0n) is 18.9. The molecular weight excluding hydrogens is 392 g/mol. The third kappa shape index (κ3) is 5.15. The highest BCUT2D eigenvalue weighted by molar-refractivity contribution is 5.92. The molecule has 1 unspecified atom stereocenters. The third-order valence-electron chi connectivity index (χ3n) is 8.02. The van der Waals surface area contributed by atoms with Gasteiger partial charge in [-0.15, -0.1) is 0 Å². The first-order chi connectivity index (χ1) is 15.2. The van der Waals surface area contributed by atoms with Gasteiger partial charge in [-0.25, -0.2) is 0 Å². The van der Waals surface area contributed by atoms with E-state index < -0.39 is 0 Å². The molecule has 3 heterocycles. The maximum Gasteiger partial charge on any atom is 0.273 e. The van der Waals surface area contributed by atoms with E-state index in [4.69, 9.17) is 9.26 Å². The predicted molar refractivity (Wildman–Crippen MR) is 118 cm³/mol. The quantitative estimate of drug-likeness (QED) is 0.586. The van der Waals surface area contributed by atoms with Crippen LogP contribution in [0.1, 0.15) is 86.4 Å². The van der Waals surface area contributed by atoms with Crippen molar-refractivity contribution in [2.75, 3.05) is 26.8 Å². The van der Waals surface area contributed by atoms with E-state index in [1.54, 1.807) is 7.11 Å². The van der Waals surface area contributed by atoms with Crippen molar-refractivity contribution >= 4 is 5.91 Å². The summed E-state index contributed by atoms with van der Waals surface area (Å²) in [7, 11) is 1.76. The second-order valence-corrected chi connectivity index (χ2v) is 10.3. The van der Waals surface area contributed by atoms with Gasteiger partial charge in [-0.1, -0.05) is 5.16 Å². The van der Waals surface area contributed by atoms with Crippen LogP contribution >= 0.6 is 0 Å². The maximum atomic E-state index is 12.7. The van der Waals surface area contributed by atoms with E-state index in [2.05, 4.69) is 20.7 Å². The number of nitrogens with one attached hydrogen (secondary N) is 2. The average Bonchev–Trinajstić information content (AvgIpc) is 3.46. The number of nitrogens with zero attached hydrogens (tertiary/aromatic N) is 2. The van der Waals surface area contributed by atoms with Crippen molar-refractivity contribution < 1.29 is 14.1 Å². The number of carbonyl (C=O) groups is 1. The number of hydrogen-bond donors (Lipinski definition) is 2. The number of carbonyl (C=O) groups excluding carboxylic acids is 1. The standard InChI is InChI=1S/C24H38N4O3/c1-30-11-10-25-18-6-2-16(3-7-18)15-28-20-8-9-21(28)13-19(12-20)26-24(29)22-14-23(31-27-22)17-4-5-17/h14,16-21,25H,2-13,15H2,1H3,(H,26,29)/t16?,18?,19?,20-,21+. The number of rotatable bonds is 9. The Morgan fingerprint density at radius 2 is 1.84 bits per heavy atom. The summed E-state index contributed by atoms with van der Waals surface area (Å²) in [6.07, 6.45) is 12.3. The molecule has 0 radical (unpaired) electrons. The van der Waals surface area contributed by atoms with Crippen molar-refractivity contribution in [2.45, 2.75) is 94.3 Å². The summed E-state index contributed by atoms with van der Waals surface area (Å²) in [5.74, 6) is 2.13. The van der Waals surface area contributed by atoms with Crippen molar-refractivity contribution in [1.82, 2.24) is 20.7 Å². The van der Waals surface area contributed by atoms with Crippen molar-refractivity contribution in [3.05, 3.63) is 17.5 Å². The van der Waals surface area contributed by atoms with Crippen LogP contribution in [0.25, 0.3) is 0 Å². The monoisotopic (exact) mass is 430 g/mol. The Kier molecular flexibility index (Phi) is 6.62. The molecule has 4 aliphatic rings. The lowest BCUT2D eigenvalue weighted by Crippen LogP contribution is -2.52. The zero-order chi connectivity index (χ0) is 21.2. The molecule has 7 nitrogen and oxygen atoms in total. The van der Waals surface area contributed by atoms with Gasteiger partial charge in [0.2, 0.25) is 0 Å². The lowest BCUT2D eigenvalue weighted by molar-refractivity contribution is 0.0741. The molecular formula is C24H38N4O3. The summed E-state index contributed by atoms with van der Waals surface area (Å²) in [4.78, 5) is 15.5. The average molecular weight is 431 g/mol. The van der Waals surface area contributed by atoms with E-state index >= 15 is 0 Å². The largest absolute Gasteiger partial charge is 0.383 e. The smallest absolute Gasteiger partial charge is 0.273 e. The molecule has 5 rings (SSSR count). The molecule has 2 saturated heterocycles. The van der Waals surface area contributed by atoms with Crippen LogP contribution < -0.4 is 10.6 Å². The van der Waals surface area contributed by atoms with Gasteiger partial charge in [0.05, 0.1) is 6.61 Å². The van der Waals surface area contributed by atoms with Gasteiger partial charge in [-0.05, 0) is 70.1 Å². The zero-order valence-corrected chi connectivity index (χ0v) is 18.9. The van der Waals surface area contributed by atoms with Crippen LogP contribution in [0.5, 0.6) is 0 Å². The topological polar surface area (TPSA) is 79.6 Å². The number of methoxy groups -OCH3 is 1. The molecule has 2 aliphatic carbocycles. The van der Waals surface area contributed by atoms with Gasteiger partial charge in [-0.2, -0.15) is 0 Å². The Hall–Kier alpha value is -1.44. The van der Waals surface area contributed by atoms with Crippen molar-refractivity contribution in [3.63, 3.8) is 0 Å². The number of piperidine rings is 1. The first-order valence-electron chi connectivity index (χ1n) is 12.4. The Labute approximate surface area is 185 Å². The first-order valence-corrected chi connectivity index (χ1v) is 12.4. The third-order valence-corrected chi connectivity index (χ3v) is 8.02. The summed E-state index contributed by atoms with van der Waals surface area (Å²) < 4.78 is 10.5. The first kappa shape index (κ1) is 21.4. The molecule has 7 heteroatoms. The predicted octanol–water partition coefficient (Wildman–Crippen LogP) is 3.07. The van der Waals surface area contributed by atoms with Crippen LogP contribution in [0.2, 0.25) is 0 Å². The Balaban J connectivity index is 1.07. The highest BCUT2D eigenvalue weighted by Gasteiger charge is 2.42. The Bertz CT molecular complexity index is 727. The fraction of sp³-hybridized carbons (Fsp3) is 0.833. The van der Waals surface area contributed by atoms with E-state index in [1.807, 2.05) is 6.07 Å². The Morgan fingerprint density at radius 3 is 2.52 bits per heavy atom. The molecule has 3 atom stereocenters. The van der Waals surface area contributed by atoms with E-state index in [1.165, 1.54) is 45.1 Å². The molecule has 1 amide bonds. The normalized spacial score (nSPS) is 33.5. The highest BCUT2D eigenvalue weighted by Crippen LogP contribution is 2.40. The highest BCUT2D eigenvalue weighted by atomic mass is 16.5. The van der Waals surface area contributed by atoms with Crippen molar-refractivity contribution in [3.8, 4) is 0 Å². The summed E-state index contributed by atoms with van der Waals surface area (Å²) in [6, 6.07) is 4.03. The van der Waals surface area contributed by atoms with Crippen LogP contribution in [0.15, 0.2) is 10.6 Å². The second kappa shape index (κ2) is 9.59. The van der Waals surface area contributed by atoms with Gasteiger partial charge in [0.15, 0.2) is 5.69 Å². The molecule has 2 bridgehead atoms. The lowest BCUT2D eigenvalue weighted by atomic mass is 9.84. The fourth-order valence-corrected chi connectivity index (χ4v) is 6.12. The number of aromatic nitrogens is 1. The van der Waals surface area contributed by atoms with Gasteiger partial charge in [-0.3, -0.25) is 9.69 Å². The summed E-state index contributed by atoms with van der Waals surface area (Å²) in [5, 5.41) is 10.9. The van der Waals surface area contributed by atoms with Crippen LogP contribution in [-0.2, 0) is 4.74 Å². The van der Waals surface area contributed by atoms with Gasteiger partial charge in [0.1, 0.15) is 5.76 Å². The molecule has 0 spiro atoms. The lowest BCUT2D eigenvalue weighted by Gasteiger charge is -2.42. The molecule has 2 aliphatic heterocycles.